The molecule has 1 aromatic carbocycles. The second-order valence-corrected chi connectivity index (χ2v) is 5.70. The fraction of sp³-hybridized carbons (Fsp3) is 0.400. The highest BCUT2D eigenvalue weighted by Gasteiger charge is 2.07. The van der Waals surface area contributed by atoms with Gasteiger partial charge >= 0.3 is 0 Å². The fourth-order valence-corrected chi connectivity index (χ4v) is 2.30. The lowest BCUT2D eigenvalue weighted by Crippen LogP contribution is -2.08. The van der Waals surface area contributed by atoms with Crippen LogP contribution in [0.5, 0.6) is 0 Å². The van der Waals surface area contributed by atoms with Gasteiger partial charge in [0.15, 0.2) is 0 Å². The maximum Gasteiger partial charge on any atom is 0.0721 e. The van der Waals surface area contributed by atoms with Gasteiger partial charge in [-0.15, -0.1) is 0 Å². The number of rotatable bonds is 3. The molecule has 0 aliphatic carbocycles. The SMILES string of the molecule is CC(C)Cc1cc(Cl)c2cc(N(C)C)ccc2n1. The summed E-state index contributed by atoms with van der Waals surface area (Å²) in [4.78, 5) is 6.74. The van der Waals surface area contributed by atoms with Crippen LogP contribution >= 0.6 is 11.6 Å². The molecule has 0 radical (unpaired) electrons. The third-order valence-corrected chi connectivity index (χ3v) is 3.24. The van der Waals surface area contributed by atoms with E-state index in [0.29, 0.717) is 5.92 Å². The van der Waals surface area contributed by atoms with Crippen LogP contribution in [0.2, 0.25) is 5.02 Å². The first-order chi connectivity index (χ1) is 8.47. The summed E-state index contributed by atoms with van der Waals surface area (Å²) >= 11 is 6.36. The second-order valence-electron chi connectivity index (χ2n) is 5.29. The average Bonchev–Trinajstić information content (AvgIpc) is 2.27. The summed E-state index contributed by atoms with van der Waals surface area (Å²) in [6, 6.07) is 8.19. The number of halogens is 1. The van der Waals surface area contributed by atoms with E-state index in [1.54, 1.807) is 0 Å². The Hall–Kier alpha value is -1.28. The van der Waals surface area contributed by atoms with Crippen molar-refractivity contribution < 1.29 is 0 Å². The fourth-order valence-electron chi connectivity index (χ4n) is 2.02. The van der Waals surface area contributed by atoms with Gasteiger partial charge in [0, 0.05) is 30.9 Å². The Labute approximate surface area is 114 Å². The smallest absolute Gasteiger partial charge is 0.0721 e. The van der Waals surface area contributed by atoms with E-state index in [-0.39, 0.29) is 0 Å². The minimum absolute atomic E-state index is 0.590. The lowest BCUT2D eigenvalue weighted by Gasteiger charge is -2.14. The number of hydrogen-bond donors (Lipinski definition) is 0. The van der Waals surface area contributed by atoms with Gasteiger partial charge in [0.25, 0.3) is 0 Å². The third-order valence-electron chi connectivity index (χ3n) is 2.93. The molecule has 1 aromatic heterocycles. The predicted molar refractivity (Wildman–Crippen MR) is 79.6 cm³/mol. The van der Waals surface area contributed by atoms with E-state index in [4.69, 9.17) is 11.6 Å². The summed E-state index contributed by atoms with van der Waals surface area (Å²) in [5.41, 5.74) is 3.19. The molecule has 0 unspecified atom stereocenters. The minimum Gasteiger partial charge on any atom is -0.378 e. The molecule has 0 amide bonds. The molecule has 0 saturated carbocycles. The van der Waals surface area contributed by atoms with Crippen molar-refractivity contribution in [3.05, 3.63) is 35.0 Å². The standard InChI is InChI=1S/C15H19ClN2/c1-10(2)7-11-8-14(16)13-9-12(18(3)4)5-6-15(13)17-11/h5-6,8-10H,7H2,1-4H3. The van der Waals surface area contributed by atoms with Crippen molar-refractivity contribution in [2.75, 3.05) is 19.0 Å². The van der Waals surface area contributed by atoms with Crippen molar-refractivity contribution in [1.29, 1.82) is 0 Å². The van der Waals surface area contributed by atoms with E-state index in [0.717, 1.165) is 33.7 Å². The summed E-state index contributed by atoms with van der Waals surface area (Å²) in [6.45, 7) is 4.38. The van der Waals surface area contributed by atoms with Crippen LogP contribution in [0, 0.1) is 5.92 Å². The molecule has 0 aliphatic rings. The maximum atomic E-state index is 6.36. The molecule has 2 rings (SSSR count). The molecule has 0 bridgehead atoms. The summed E-state index contributed by atoms with van der Waals surface area (Å²) in [5.74, 6) is 0.590. The summed E-state index contributed by atoms with van der Waals surface area (Å²) < 4.78 is 0. The summed E-state index contributed by atoms with van der Waals surface area (Å²) in [5, 5.41) is 1.81. The number of fused-ring (bicyclic) bond motifs is 1. The van der Waals surface area contributed by atoms with E-state index in [9.17, 15) is 0 Å². The number of aromatic nitrogens is 1. The first-order valence-electron chi connectivity index (χ1n) is 6.24. The van der Waals surface area contributed by atoms with Gasteiger partial charge in [0.1, 0.15) is 0 Å². The van der Waals surface area contributed by atoms with Crippen LogP contribution in [-0.4, -0.2) is 19.1 Å². The quantitative estimate of drug-likeness (QED) is 0.826. The highest BCUT2D eigenvalue weighted by Crippen LogP contribution is 2.27. The van der Waals surface area contributed by atoms with Gasteiger partial charge in [-0.05, 0) is 36.6 Å². The topological polar surface area (TPSA) is 16.1 Å². The molecule has 2 nitrogen and oxygen atoms in total. The van der Waals surface area contributed by atoms with Crippen LogP contribution in [0.25, 0.3) is 10.9 Å². The number of benzene rings is 1. The lowest BCUT2D eigenvalue weighted by atomic mass is 10.1. The van der Waals surface area contributed by atoms with E-state index >= 15 is 0 Å². The van der Waals surface area contributed by atoms with Crippen molar-refractivity contribution in [1.82, 2.24) is 4.98 Å². The molecule has 0 aliphatic heterocycles. The van der Waals surface area contributed by atoms with Crippen LogP contribution in [0.3, 0.4) is 0 Å². The van der Waals surface area contributed by atoms with Crippen LogP contribution in [0.15, 0.2) is 24.3 Å². The van der Waals surface area contributed by atoms with Gasteiger partial charge in [0.05, 0.1) is 10.5 Å². The maximum absolute atomic E-state index is 6.36. The molecular weight excluding hydrogens is 244 g/mol. The van der Waals surface area contributed by atoms with E-state index in [1.165, 1.54) is 0 Å². The molecule has 0 spiro atoms. The number of hydrogen-bond acceptors (Lipinski definition) is 2. The Kier molecular flexibility index (Phi) is 3.76. The second kappa shape index (κ2) is 5.15. The van der Waals surface area contributed by atoms with E-state index < -0.39 is 0 Å². The van der Waals surface area contributed by atoms with Crippen LogP contribution in [0.1, 0.15) is 19.5 Å². The molecule has 0 N–H and O–H groups in total. The lowest BCUT2D eigenvalue weighted by molar-refractivity contribution is 0.637. The van der Waals surface area contributed by atoms with Crippen molar-refractivity contribution in [3.8, 4) is 0 Å². The molecule has 2 aromatic rings. The Balaban J connectivity index is 2.51. The first kappa shape index (κ1) is 13.2. The Morgan fingerprint density at radius 3 is 2.56 bits per heavy atom. The molecule has 1 heterocycles. The minimum atomic E-state index is 0.590. The molecular formula is C15H19ClN2. The predicted octanol–water partition coefficient (Wildman–Crippen LogP) is 4.15. The summed E-state index contributed by atoms with van der Waals surface area (Å²) in [6.07, 6.45) is 0.963. The van der Waals surface area contributed by atoms with Crippen molar-refractivity contribution >= 4 is 28.2 Å². The van der Waals surface area contributed by atoms with Crippen molar-refractivity contribution in [2.24, 2.45) is 5.92 Å². The van der Waals surface area contributed by atoms with Gasteiger partial charge in [-0.25, -0.2) is 0 Å². The van der Waals surface area contributed by atoms with E-state index in [2.05, 4.69) is 35.9 Å². The van der Waals surface area contributed by atoms with Crippen LogP contribution in [-0.2, 0) is 6.42 Å². The van der Waals surface area contributed by atoms with Crippen molar-refractivity contribution in [3.63, 3.8) is 0 Å². The highest BCUT2D eigenvalue weighted by molar-refractivity contribution is 6.35. The average molecular weight is 263 g/mol. The van der Waals surface area contributed by atoms with Crippen LogP contribution < -0.4 is 4.90 Å². The molecule has 18 heavy (non-hydrogen) atoms. The first-order valence-corrected chi connectivity index (χ1v) is 6.61. The van der Waals surface area contributed by atoms with Gasteiger partial charge in [0.2, 0.25) is 0 Å². The molecule has 0 fully saturated rings. The Morgan fingerprint density at radius 1 is 1.22 bits per heavy atom. The molecule has 0 saturated heterocycles. The number of pyridine rings is 1. The van der Waals surface area contributed by atoms with Gasteiger partial charge in [-0.3, -0.25) is 4.98 Å². The Bertz CT molecular complexity index is 562. The zero-order valence-electron chi connectivity index (χ0n) is 11.4. The highest BCUT2D eigenvalue weighted by atomic mass is 35.5. The van der Waals surface area contributed by atoms with Crippen molar-refractivity contribution in [2.45, 2.75) is 20.3 Å². The number of nitrogens with zero attached hydrogens (tertiary/aromatic N) is 2. The zero-order valence-corrected chi connectivity index (χ0v) is 12.1. The van der Waals surface area contributed by atoms with Gasteiger partial charge in [-0.2, -0.15) is 0 Å². The monoisotopic (exact) mass is 262 g/mol. The van der Waals surface area contributed by atoms with E-state index in [1.807, 2.05) is 26.2 Å². The van der Waals surface area contributed by atoms with Crippen LogP contribution in [0.4, 0.5) is 5.69 Å². The summed E-state index contributed by atoms with van der Waals surface area (Å²) in [7, 11) is 4.05. The largest absolute Gasteiger partial charge is 0.378 e. The normalized spacial score (nSPS) is 11.2. The van der Waals surface area contributed by atoms with Gasteiger partial charge < -0.3 is 4.90 Å². The molecule has 3 heteroatoms. The zero-order chi connectivity index (χ0) is 13.3. The van der Waals surface area contributed by atoms with Gasteiger partial charge in [-0.1, -0.05) is 25.4 Å². The molecule has 0 atom stereocenters. The third kappa shape index (κ3) is 2.75. The Morgan fingerprint density at radius 2 is 1.94 bits per heavy atom. The molecule has 96 valence electrons. The number of anilines is 1.